The summed E-state index contributed by atoms with van der Waals surface area (Å²) in [5.74, 6) is -1.94. The van der Waals surface area contributed by atoms with E-state index >= 15 is 0 Å². The van der Waals surface area contributed by atoms with Gasteiger partial charge in [0.1, 0.15) is 5.25 Å². The lowest BCUT2D eigenvalue weighted by Gasteiger charge is -2.27. The van der Waals surface area contributed by atoms with Gasteiger partial charge in [0, 0.05) is 44.2 Å². The summed E-state index contributed by atoms with van der Waals surface area (Å²) in [5.41, 5.74) is 0.826. The minimum atomic E-state index is -0.911. The zero-order chi connectivity index (χ0) is 19.1. The second-order valence-corrected chi connectivity index (χ2v) is 7.55. The Morgan fingerprint density at radius 1 is 1.11 bits per heavy atom. The van der Waals surface area contributed by atoms with E-state index in [9.17, 15) is 13.6 Å². The highest BCUT2D eigenvalue weighted by Gasteiger charge is 2.22. The van der Waals surface area contributed by atoms with Gasteiger partial charge in [-0.1, -0.05) is 30.3 Å². The number of hydrogen-bond donors (Lipinski definition) is 2. The second-order valence-electron chi connectivity index (χ2n) is 6.37. The van der Waals surface area contributed by atoms with E-state index in [0.717, 1.165) is 50.4 Å². The third kappa shape index (κ3) is 5.76. The van der Waals surface area contributed by atoms with Crippen LogP contribution in [0.3, 0.4) is 0 Å². The van der Waals surface area contributed by atoms with Gasteiger partial charge in [0.05, 0.1) is 0 Å². The molecule has 27 heavy (non-hydrogen) atoms. The maximum absolute atomic E-state index is 13.5. The van der Waals surface area contributed by atoms with Gasteiger partial charge in [0.25, 0.3) is 0 Å². The molecule has 4 nitrogen and oxygen atoms in total. The fourth-order valence-electron chi connectivity index (χ4n) is 2.95. The van der Waals surface area contributed by atoms with E-state index in [1.54, 1.807) is 0 Å². The van der Waals surface area contributed by atoms with Gasteiger partial charge >= 0.3 is 0 Å². The van der Waals surface area contributed by atoms with Crippen LogP contribution in [0.25, 0.3) is 0 Å². The molecule has 144 valence electrons. The molecule has 0 aliphatic carbocycles. The van der Waals surface area contributed by atoms with Crippen LogP contribution in [0.5, 0.6) is 0 Å². The SMILES string of the molecule is O=C(NCCN1CCNCC1)C(Sc1ccc(F)c(F)c1)c1ccccc1. The molecule has 2 N–H and O–H groups in total. The second kappa shape index (κ2) is 9.82. The molecule has 7 heteroatoms. The van der Waals surface area contributed by atoms with Crippen molar-refractivity contribution in [2.75, 3.05) is 39.3 Å². The number of nitrogens with zero attached hydrogens (tertiary/aromatic N) is 1. The highest BCUT2D eigenvalue weighted by Crippen LogP contribution is 2.35. The number of carbonyl (C=O) groups is 1. The standard InChI is InChI=1S/C20H23F2N3OS/c21-17-7-6-16(14-18(17)22)27-19(15-4-2-1-3-5-15)20(26)24-10-13-25-11-8-23-9-12-25/h1-7,14,19,23H,8-13H2,(H,24,26). The first-order chi connectivity index (χ1) is 13.1. The monoisotopic (exact) mass is 391 g/mol. The molecule has 0 bridgehead atoms. The van der Waals surface area contributed by atoms with Gasteiger partial charge in [-0.15, -0.1) is 11.8 Å². The average Bonchev–Trinajstić information content (AvgIpc) is 2.70. The first kappa shape index (κ1) is 19.8. The predicted octanol–water partition coefficient (Wildman–Crippen LogP) is 2.82. The van der Waals surface area contributed by atoms with Crippen molar-refractivity contribution >= 4 is 17.7 Å². The van der Waals surface area contributed by atoms with E-state index < -0.39 is 16.9 Å². The van der Waals surface area contributed by atoms with E-state index in [2.05, 4.69) is 15.5 Å². The summed E-state index contributed by atoms with van der Waals surface area (Å²) in [4.78, 5) is 15.6. The molecule has 1 aliphatic heterocycles. The summed E-state index contributed by atoms with van der Waals surface area (Å²) in [6.07, 6.45) is 0. The van der Waals surface area contributed by atoms with Crippen LogP contribution in [0.4, 0.5) is 8.78 Å². The molecule has 2 aromatic carbocycles. The molecule has 0 saturated carbocycles. The number of hydrogen-bond acceptors (Lipinski definition) is 4. The number of thioether (sulfide) groups is 1. The maximum Gasteiger partial charge on any atom is 0.238 e. The molecule has 1 aliphatic rings. The molecule has 1 unspecified atom stereocenters. The molecule has 1 saturated heterocycles. The number of carbonyl (C=O) groups excluding carboxylic acids is 1. The van der Waals surface area contributed by atoms with Crippen LogP contribution in [0.15, 0.2) is 53.4 Å². The van der Waals surface area contributed by atoms with E-state index in [0.29, 0.717) is 11.4 Å². The Labute approximate surface area is 162 Å². The van der Waals surface area contributed by atoms with Gasteiger partial charge in [-0.25, -0.2) is 8.78 Å². The summed E-state index contributed by atoms with van der Waals surface area (Å²) in [7, 11) is 0. The number of benzene rings is 2. The third-order valence-electron chi connectivity index (χ3n) is 4.42. The van der Waals surface area contributed by atoms with E-state index in [4.69, 9.17) is 0 Å². The molecule has 1 fully saturated rings. The van der Waals surface area contributed by atoms with Gasteiger partial charge < -0.3 is 10.6 Å². The molecule has 0 aromatic heterocycles. The highest BCUT2D eigenvalue weighted by molar-refractivity contribution is 8.00. The van der Waals surface area contributed by atoms with Crippen LogP contribution in [0.2, 0.25) is 0 Å². The van der Waals surface area contributed by atoms with Crippen LogP contribution in [0, 0.1) is 11.6 Å². The summed E-state index contributed by atoms with van der Waals surface area (Å²) < 4.78 is 26.7. The van der Waals surface area contributed by atoms with Crippen molar-refractivity contribution in [3.8, 4) is 0 Å². The van der Waals surface area contributed by atoms with Gasteiger partial charge in [0.15, 0.2) is 11.6 Å². The first-order valence-corrected chi connectivity index (χ1v) is 9.89. The minimum Gasteiger partial charge on any atom is -0.354 e. The Morgan fingerprint density at radius 3 is 2.56 bits per heavy atom. The highest BCUT2D eigenvalue weighted by atomic mass is 32.2. The van der Waals surface area contributed by atoms with Crippen LogP contribution in [-0.2, 0) is 4.79 Å². The number of piperazine rings is 1. The largest absolute Gasteiger partial charge is 0.354 e. The van der Waals surface area contributed by atoms with E-state index in [1.165, 1.54) is 17.8 Å². The lowest BCUT2D eigenvalue weighted by Crippen LogP contribution is -2.46. The summed E-state index contributed by atoms with van der Waals surface area (Å²) in [5, 5.41) is 5.76. The quantitative estimate of drug-likeness (QED) is 0.713. The lowest BCUT2D eigenvalue weighted by atomic mass is 10.1. The average molecular weight is 391 g/mol. The molecule has 1 amide bonds. The Bertz CT molecular complexity index is 754. The van der Waals surface area contributed by atoms with Crippen molar-refractivity contribution in [1.82, 2.24) is 15.5 Å². The Kier molecular flexibility index (Phi) is 7.20. The predicted molar refractivity (Wildman–Crippen MR) is 104 cm³/mol. The van der Waals surface area contributed by atoms with Gasteiger partial charge in [-0.3, -0.25) is 9.69 Å². The molecule has 2 aromatic rings. The molecule has 0 spiro atoms. The minimum absolute atomic E-state index is 0.133. The molecular formula is C20H23F2N3OS. The van der Waals surface area contributed by atoms with Crippen molar-refractivity contribution in [2.45, 2.75) is 10.1 Å². The van der Waals surface area contributed by atoms with Crippen molar-refractivity contribution in [3.63, 3.8) is 0 Å². The summed E-state index contributed by atoms with van der Waals surface area (Å²) >= 11 is 1.22. The Balaban J connectivity index is 1.65. The van der Waals surface area contributed by atoms with Crippen molar-refractivity contribution < 1.29 is 13.6 Å². The summed E-state index contributed by atoms with van der Waals surface area (Å²) in [6, 6.07) is 13.1. The maximum atomic E-state index is 13.5. The normalized spacial score (nSPS) is 16.1. The Morgan fingerprint density at radius 2 is 1.85 bits per heavy atom. The van der Waals surface area contributed by atoms with E-state index in [-0.39, 0.29) is 5.91 Å². The molecule has 0 radical (unpaired) electrons. The molecule has 3 rings (SSSR count). The van der Waals surface area contributed by atoms with Gasteiger partial charge in [-0.05, 0) is 23.8 Å². The van der Waals surface area contributed by atoms with Gasteiger partial charge in [0.2, 0.25) is 5.91 Å². The number of amides is 1. The van der Waals surface area contributed by atoms with E-state index in [1.807, 2.05) is 30.3 Å². The van der Waals surface area contributed by atoms with Crippen molar-refractivity contribution in [1.29, 1.82) is 0 Å². The molecular weight excluding hydrogens is 368 g/mol. The topological polar surface area (TPSA) is 44.4 Å². The number of nitrogens with one attached hydrogen (secondary N) is 2. The molecule has 1 atom stereocenters. The third-order valence-corrected chi connectivity index (χ3v) is 5.67. The number of rotatable bonds is 7. The van der Waals surface area contributed by atoms with Gasteiger partial charge in [-0.2, -0.15) is 0 Å². The van der Waals surface area contributed by atoms with Crippen molar-refractivity contribution in [3.05, 3.63) is 65.7 Å². The first-order valence-electron chi connectivity index (χ1n) is 9.01. The van der Waals surface area contributed by atoms with Crippen LogP contribution in [-0.4, -0.2) is 50.1 Å². The summed E-state index contributed by atoms with van der Waals surface area (Å²) in [6.45, 7) is 5.23. The van der Waals surface area contributed by atoms with Crippen molar-refractivity contribution in [2.24, 2.45) is 0 Å². The van der Waals surface area contributed by atoms with Crippen LogP contribution in [0.1, 0.15) is 10.8 Å². The number of halogens is 2. The fraction of sp³-hybridized carbons (Fsp3) is 0.350. The fourth-order valence-corrected chi connectivity index (χ4v) is 4.03. The van der Waals surface area contributed by atoms with Crippen LogP contribution < -0.4 is 10.6 Å². The van der Waals surface area contributed by atoms with Crippen LogP contribution >= 0.6 is 11.8 Å². The Hall–Kier alpha value is -1.96. The zero-order valence-electron chi connectivity index (χ0n) is 15.0. The molecule has 1 heterocycles. The smallest absolute Gasteiger partial charge is 0.238 e. The lowest BCUT2D eigenvalue weighted by molar-refractivity contribution is -0.120. The zero-order valence-corrected chi connectivity index (χ0v) is 15.8.